The molecule has 1 aromatic rings. The monoisotopic (exact) mass is 244 g/mol. The van der Waals surface area contributed by atoms with E-state index in [0.29, 0.717) is 0 Å². The summed E-state index contributed by atoms with van der Waals surface area (Å²) in [6.07, 6.45) is 10.4. The molecule has 0 saturated heterocycles. The van der Waals surface area contributed by atoms with Crippen LogP contribution in [0.4, 0.5) is 0 Å². The van der Waals surface area contributed by atoms with Gasteiger partial charge in [-0.1, -0.05) is 57.2 Å². The third kappa shape index (κ3) is 3.69. The summed E-state index contributed by atoms with van der Waals surface area (Å²) < 4.78 is 0. The van der Waals surface area contributed by atoms with Gasteiger partial charge in [-0.2, -0.15) is 0 Å². The Balaban J connectivity index is 1.93. The Morgan fingerprint density at radius 3 is 2.89 bits per heavy atom. The van der Waals surface area contributed by atoms with Crippen LogP contribution >= 0.6 is 0 Å². The molecule has 98 valence electrons. The van der Waals surface area contributed by atoms with Gasteiger partial charge in [0.25, 0.3) is 0 Å². The molecular formula is C17H24O. The van der Waals surface area contributed by atoms with E-state index in [9.17, 15) is 4.79 Å². The molecule has 1 aliphatic rings. The van der Waals surface area contributed by atoms with Crippen LogP contribution in [0.25, 0.3) is 0 Å². The van der Waals surface area contributed by atoms with E-state index in [-0.39, 0.29) is 0 Å². The molecule has 18 heavy (non-hydrogen) atoms. The van der Waals surface area contributed by atoms with Crippen molar-refractivity contribution in [2.45, 2.75) is 51.9 Å². The topological polar surface area (TPSA) is 17.1 Å². The Kier molecular flexibility index (Phi) is 4.98. The standard InChI is InChI=1S/C17H24O/c1-2-5-14-6-3-7-15(10-14)11-16-8-4-9-17(12-16)13-18/h4,8-9,12-15H,2-3,5-7,10-11H2,1H3. The summed E-state index contributed by atoms with van der Waals surface area (Å²) in [6.45, 7) is 2.29. The first-order valence-electron chi connectivity index (χ1n) is 7.36. The van der Waals surface area contributed by atoms with E-state index >= 15 is 0 Å². The fourth-order valence-corrected chi connectivity index (χ4v) is 3.38. The van der Waals surface area contributed by atoms with Gasteiger partial charge in [-0.15, -0.1) is 0 Å². The number of carbonyl (C=O) groups excluding carboxylic acids is 1. The molecule has 1 saturated carbocycles. The molecule has 0 aromatic heterocycles. The summed E-state index contributed by atoms with van der Waals surface area (Å²) in [5.41, 5.74) is 2.15. The maximum atomic E-state index is 10.8. The summed E-state index contributed by atoms with van der Waals surface area (Å²) in [5, 5.41) is 0. The van der Waals surface area contributed by atoms with Crippen LogP contribution in [0.15, 0.2) is 24.3 Å². The molecule has 2 atom stereocenters. The molecule has 0 aliphatic heterocycles. The van der Waals surface area contributed by atoms with Crippen LogP contribution in [0.5, 0.6) is 0 Å². The van der Waals surface area contributed by atoms with Gasteiger partial charge >= 0.3 is 0 Å². The summed E-state index contributed by atoms with van der Waals surface area (Å²) in [7, 11) is 0. The summed E-state index contributed by atoms with van der Waals surface area (Å²) >= 11 is 0. The van der Waals surface area contributed by atoms with E-state index in [0.717, 1.165) is 30.1 Å². The lowest BCUT2D eigenvalue weighted by Gasteiger charge is -2.29. The van der Waals surface area contributed by atoms with Crippen molar-refractivity contribution in [3.8, 4) is 0 Å². The molecule has 0 bridgehead atoms. The minimum atomic E-state index is 0.813. The third-order valence-corrected chi connectivity index (χ3v) is 4.20. The highest BCUT2D eigenvalue weighted by molar-refractivity contribution is 5.74. The molecule has 2 rings (SSSR count). The number of hydrogen-bond acceptors (Lipinski definition) is 1. The normalized spacial score (nSPS) is 23.8. The van der Waals surface area contributed by atoms with Crippen LogP contribution in [0.1, 0.15) is 61.4 Å². The van der Waals surface area contributed by atoms with Gasteiger partial charge in [-0.3, -0.25) is 4.79 Å². The zero-order valence-corrected chi connectivity index (χ0v) is 11.4. The first-order valence-corrected chi connectivity index (χ1v) is 7.36. The SMILES string of the molecule is CCCC1CCCC(Cc2cccc(C=O)c2)C1. The number of hydrogen-bond donors (Lipinski definition) is 0. The zero-order valence-electron chi connectivity index (χ0n) is 11.4. The zero-order chi connectivity index (χ0) is 12.8. The maximum Gasteiger partial charge on any atom is 0.150 e. The van der Waals surface area contributed by atoms with Crippen LogP contribution in [0.2, 0.25) is 0 Å². The van der Waals surface area contributed by atoms with Crippen LogP contribution in [-0.2, 0) is 6.42 Å². The van der Waals surface area contributed by atoms with Crippen molar-refractivity contribution in [1.29, 1.82) is 0 Å². The predicted octanol–water partition coefficient (Wildman–Crippen LogP) is 4.65. The maximum absolute atomic E-state index is 10.8. The lowest BCUT2D eigenvalue weighted by Crippen LogP contribution is -2.17. The number of benzene rings is 1. The largest absolute Gasteiger partial charge is 0.298 e. The molecule has 1 fully saturated rings. The van der Waals surface area contributed by atoms with Gasteiger partial charge in [0, 0.05) is 5.56 Å². The van der Waals surface area contributed by atoms with E-state index in [1.54, 1.807) is 0 Å². The highest BCUT2D eigenvalue weighted by Gasteiger charge is 2.21. The predicted molar refractivity (Wildman–Crippen MR) is 75.9 cm³/mol. The molecule has 2 unspecified atom stereocenters. The van der Waals surface area contributed by atoms with E-state index < -0.39 is 0 Å². The van der Waals surface area contributed by atoms with Gasteiger partial charge < -0.3 is 0 Å². The highest BCUT2D eigenvalue weighted by atomic mass is 16.1. The van der Waals surface area contributed by atoms with Crippen LogP contribution < -0.4 is 0 Å². The lowest BCUT2D eigenvalue weighted by molar-refractivity contribution is 0.112. The van der Waals surface area contributed by atoms with E-state index in [2.05, 4.69) is 19.1 Å². The minimum absolute atomic E-state index is 0.813. The van der Waals surface area contributed by atoms with Crippen LogP contribution in [-0.4, -0.2) is 6.29 Å². The first-order chi connectivity index (χ1) is 8.81. The molecule has 0 N–H and O–H groups in total. The van der Waals surface area contributed by atoms with Gasteiger partial charge in [0.1, 0.15) is 6.29 Å². The fraction of sp³-hybridized carbons (Fsp3) is 0.588. The lowest BCUT2D eigenvalue weighted by atomic mass is 9.77. The van der Waals surface area contributed by atoms with E-state index in [1.807, 2.05) is 12.1 Å². The average Bonchev–Trinajstić information content (AvgIpc) is 2.40. The summed E-state index contributed by atoms with van der Waals surface area (Å²) in [5.74, 6) is 1.78. The molecule has 1 nitrogen and oxygen atoms in total. The smallest absolute Gasteiger partial charge is 0.150 e. The van der Waals surface area contributed by atoms with Crippen molar-refractivity contribution in [3.05, 3.63) is 35.4 Å². The molecule has 1 heteroatoms. The molecule has 0 spiro atoms. The van der Waals surface area contributed by atoms with E-state index in [4.69, 9.17) is 0 Å². The van der Waals surface area contributed by atoms with Crippen molar-refractivity contribution < 1.29 is 4.79 Å². The number of carbonyl (C=O) groups is 1. The summed E-state index contributed by atoms with van der Waals surface area (Å²) in [4.78, 5) is 10.8. The Bertz CT molecular complexity index is 381. The second-order valence-corrected chi connectivity index (χ2v) is 5.75. The quantitative estimate of drug-likeness (QED) is 0.689. The van der Waals surface area contributed by atoms with Crippen molar-refractivity contribution in [2.24, 2.45) is 11.8 Å². The van der Waals surface area contributed by atoms with Gasteiger partial charge in [0.2, 0.25) is 0 Å². The number of rotatable bonds is 5. The van der Waals surface area contributed by atoms with Gasteiger partial charge in [-0.25, -0.2) is 0 Å². The van der Waals surface area contributed by atoms with Crippen molar-refractivity contribution in [1.82, 2.24) is 0 Å². The second-order valence-electron chi connectivity index (χ2n) is 5.75. The van der Waals surface area contributed by atoms with Crippen LogP contribution in [0.3, 0.4) is 0 Å². The molecule has 0 amide bonds. The molecule has 1 aliphatic carbocycles. The minimum Gasteiger partial charge on any atom is -0.298 e. The Morgan fingerprint density at radius 2 is 2.11 bits per heavy atom. The highest BCUT2D eigenvalue weighted by Crippen LogP contribution is 2.33. The summed E-state index contributed by atoms with van der Waals surface area (Å²) in [6, 6.07) is 8.11. The molecule has 0 heterocycles. The van der Waals surface area contributed by atoms with Gasteiger partial charge in [-0.05, 0) is 36.3 Å². The van der Waals surface area contributed by atoms with E-state index in [1.165, 1.54) is 44.1 Å². The molecule has 1 aromatic carbocycles. The van der Waals surface area contributed by atoms with Gasteiger partial charge in [0.05, 0.1) is 0 Å². The Labute approximate surface area is 111 Å². The fourth-order valence-electron chi connectivity index (χ4n) is 3.38. The van der Waals surface area contributed by atoms with Crippen molar-refractivity contribution in [3.63, 3.8) is 0 Å². The van der Waals surface area contributed by atoms with Gasteiger partial charge in [0.15, 0.2) is 0 Å². The van der Waals surface area contributed by atoms with Crippen LogP contribution in [0, 0.1) is 11.8 Å². The Morgan fingerprint density at radius 1 is 1.28 bits per heavy atom. The first kappa shape index (κ1) is 13.3. The average molecular weight is 244 g/mol. The van der Waals surface area contributed by atoms with Crippen molar-refractivity contribution in [2.75, 3.05) is 0 Å². The second kappa shape index (κ2) is 6.72. The Hall–Kier alpha value is -1.11. The number of aldehydes is 1. The molecule has 0 radical (unpaired) electrons. The van der Waals surface area contributed by atoms with Crippen molar-refractivity contribution >= 4 is 6.29 Å². The third-order valence-electron chi connectivity index (χ3n) is 4.20. The molecular weight excluding hydrogens is 220 g/mol.